The summed E-state index contributed by atoms with van der Waals surface area (Å²) >= 11 is 4.95. The first-order valence-corrected chi connectivity index (χ1v) is 7.44. The third kappa shape index (κ3) is 3.27. The Morgan fingerprint density at radius 3 is 2.72 bits per heavy atom. The van der Waals surface area contributed by atoms with Gasteiger partial charge in [0.1, 0.15) is 4.83 Å². The van der Waals surface area contributed by atoms with Gasteiger partial charge in [0.15, 0.2) is 0 Å². The number of benzene rings is 2. The molecule has 2 rings (SSSR count). The number of carbonyl (C=O) groups is 1. The van der Waals surface area contributed by atoms with Gasteiger partial charge in [0.2, 0.25) is 0 Å². The first-order valence-electron chi connectivity index (χ1n) is 5.54. The number of hydrogen-bond donors (Lipinski definition) is 0. The maximum atomic E-state index is 11.3. The molecule has 0 aliphatic heterocycles. The summed E-state index contributed by atoms with van der Waals surface area (Å²) in [5.41, 5.74) is 0. The summed E-state index contributed by atoms with van der Waals surface area (Å²) in [7, 11) is 1.40. The van der Waals surface area contributed by atoms with Gasteiger partial charge in [-0.05, 0) is 22.9 Å². The normalized spacial score (nSPS) is 12.3. The summed E-state index contributed by atoms with van der Waals surface area (Å²) in [5, 5.41) is 2.44. The Labute approximate surface area is 119 Å². The van der Waals surface area contributed by atoms with Crippen molar-refractivity contribution in [2.75, 3.05) is 12.9 Å². The quantitative estimate of drug-likeness (QED) is 0.485. The van der Waals surface area contributed by atoms with E-state index >= 15 is 0 Å². The average Bonchev–Trinajstić information content (AvgIpc) is 2.43. The number of halogens is 1. The number of carbonyl (C=O) groups excluding carboxylic acids is 1. The molecule has 0 N–H and O–H groups in total. The van der Waals surface area contributed by atoms with Crippen molar-refractivity contribution in [1.29, 1.82) is 0 Å². The topological polar surface area (TPSA) is 26.3 Å². The average molecular weight is 325 g/mol. The van der Waals surface area contributed by atoms with Crippen LogP contribution in [-0.2, 0) is 9.53 Å². The molecule has 0 heterocycles. The number of alkyl halides is 1. The molecule has 0 saturated carbocycles. The van der Waals surface area contributed by atoms with Crippen molar-refractivity contribution in [3.05, 3.63) is 42.5 Å². The summed E-state index contributed by atoms with van der Waals surface area (Å²) in [4.78, 5) is 12.2. The Morgan fingerprint density at radius 1 is 1.28 bits per heavy atom. The van der Waals surface area contributed by atoms with Gasteiger partial charge in [0.05, 0.1) is 7.11 Å². The zero-order valence-corrected chi connectivity index (χ0v) is 12.3. The number of methoxy groups -OCH3 is 1. The molecule has 2 aromatic rings. The molecule has 1 atom stereocenters. The standard InChI is InChI=1S/C14H13BrO2S/c1-17-14(16)13(15)9-18-12-7-6-10-4-2-3-5-11(10)8-12/h2-8,13H,9H2,1H3. The van der Waals surface area contributed by atoms with Crippen LogP contribution in [0.5, 0.6) is 0 Å². The third-order valence-electron chi connectivity index (χ3n) is 2.57. The van der Waals surface area contributed by atoms with Gasteiger partial charge in [0, 0.05) is 10.6 Å². The molecule has 0 saturated heterocycles. The predicted octanol–water partition coefficient (Wildman–Crippen LogP) is 3.87. The van der Waals surface area contributed by atoms with Crippen LogP contribution in [0.25, 0.3) is 10.8 Å². The van der Waals surface area contributed by atoms with Crippen LogP contribution in [0.3, 0.4) is 0 Å². The molecule has 18 heavy (non-hydrogen) atoms. The fourth-order valence-electron chi connectivity index (χ4n) is 1.62. The van der Waals surface area contributed by atoms with Crippen LogP contribution in [0, 0.1) is 0 Å². The van der Waals surface area contributed by atoms with Gasteiger partial charge in [0.25, 0.3) is 0 Å². The number of thioether (sulfide) groups is 1. The smallest absolute Gasteiger partial charge is 0.320 e. The second-order valence-corrected chi connectivity index (χ2v) is 6.01. The highest BCUT2D eigenvalue weighted by Gasteiger charge is 2.15. The second kappa shape index (κ2) is 6.25. The molecule has 2 aromatic carbocycles. The lowest BCUT2D eigenvalue weighted by Crippen LogP contribution is -2.17. The molecule has 4 heteroatoms. The molecule has 0 aliphatic rings. The number of ether oxygens (including phenoxy) is 1. The van der Waals surface area contributed by atoms with Crippen LogP contribution in [-0.4, -0.2) is 23.7 Å². The van der Waals surface area contributed by atoms with Gasteiger partial charge in [-0.15, -0.1) is 11.8 Å². The summed E-state index contributed by atoms with van der Waals surface area (Å²) in [6.45, 7) is 0. The number of rotatable bonds is 4. The van der Waals surface area contributed by atoms with Gasteiger partial charge < -0.3 is 4.74 Å². The van der Waals surface area contributed by atoms with Crippen LogP contribution in [0.2, 0.25) is 0 Å². The van der Waals surface area contributed by atoms with Crippen molar-refractivity contribution in [3.63, 3.8) is 0 Å². The van der Waals surface area contributed by atoms with Crippen LogP contribution in [0.15, 0.2) is 47.4 Å². The Morgan fingerprint density at radius 2 is 2.00 bits per heavy atom. The third-order valence-corrected chi connectivity index (χ3v) is 4.79. The minimum absolute atomic E-state index is 0.233. The van der Waals surface area contributed by atoms with Gasteiger partial charge in [-0.1, -0.05) is 46.3 Å². The van der Waals surface area contributed by atoms with E-state index in [2.05, 4.69) is 51.0 Å². The van der Waals surface area contributed by atoms with E-state index in [1.54, 1.807) is 11.8 Å². The van der Waals surface area contributed by atoms with Gasteiger partial charge >= 0.3 is 5.97 Å². The first kappa shape index (κ1) is 13.4. The fraction of sp³-hybridized carbons (Fsp3) is 0.214. The fourth-order valence-corrected chi connectivity index (χ4v) is 3.06. The van der Waals surface area contributed by atoms with Gasteiger partial charge in [-0.2, -0.15) is 0 Å². The van der Waals surface area contributed by atoms with Crippen molar-refractivity contribution >= 4 is 44.4 Å². The monoisotopic (exact) mass is 324 g/mol. The molecule has 1 unspecified atom stereocenters. The maximum Gasteiger partial charge on any atom is 0.320 e. The molecule has 0 radical (unpaired) electrons. The SMILES string of the molecule is COC(=O)C(Br)CSc1ccc2ccccc2c1. The van der Waals surface area contributed by atoms with E-state index in [0.717, 1.165) is 4.90 Å². The zero-order valence-electron chi connectivity index (χ0n) is 9.93. The predicted molar refractivity (Wildman–Crippen MR) is 79.4 cm³/mol. The lowest BCUT2D eigenvalue weighted by Gasteiger charge is -2.07. The molecule has 2 nitrogen and oxygen atoms in total. The van der Waals surface area contributed by atoms with Crippen LogP contribution in [0.4, 0.5) is 0 Å². The van der Waals surface area contributed by atoms with Crippen molar-refractivity contribution in [3.8, 4) is 0 Å². The van der Waals surface area contributed by atoms with E-state index < -0.39 is 0 Å². The number of hydrogen-bond acceptors (Lipinski definition) is 3. The molecule has 0 aliphatic carbocycles. The molecule has 94 valence electrons. The summed E-state index contributed by atoms with van der Waals surface area (Å²) in [6, 6.07) is 14.5. The lowest BCUT2D eigenvalue weighted by molar-refractivity contribution is -0.139. The zero-order chi connectivity index (χ0) is 13.0. The lowest BCUT2D eigenvalue weighted by atomic mass is 10.1. The largest absolute Gasteiger partial charge is 0.468 e. The Bertz CT molecular complexity index is 556. The second-order valence-electron chi connectivity index (χ2n) is 3.81. The molecular formula is C14H13BrO2S. The summed E-state index contributed by atoms with van der Waals surface area (Å²) in [5.74, 6) is 0.425. The maximum absolute atomic E-state index is 11.3. The highest BCUT2D eigenvalue weighted by atomic mass is 79.9. The molecular weight excluding hydrogens is 312 g/mol. The van der Waals surface area contributed by atoms with Gasteiger partial charge in [-0.3, -0.25) is 4.79 Å². The number of esters is 1. The van der Waals surface area contributed by atoms with E-state index in [9.17, 15) is 4.79 Å². The van der Waals surface area contributed by atoms with Crippen LogP contribution in [0.1, 0.15) is 0 Å². The highest BCUT2D eigenvalue weighted by Crippen LogP contribution is 2.25. The Hall–Kier alpha value is -1.00. The molecule has 0 amide bonds. The van der Waals surface area contributed by atoms with E-state index in [4.69, 9.17) is 0 Å². The Kier molecular flexibility index (Phi) is 4.66. The summed E-state index contributed by atoms with van der Waals surface area (Å²) in [6.07, 6.45) is 0. The van der Waals surface area contributed by atoms with Crippen LogP contribution >= 0.6 is 27.7 Å². The molecule has 0 bridgehead atoms. The first-order chi connectivity index (χ1) is 8.70. The van der Waals surface area contributed by atoms with Crippen molar-refractivity contribution in [1.82, 2.24) is 0 Å². The van der Waals surface area contributed by atoms with Crippen LogP contribution < -0.4 is 0 Å². The van der Waals surface area contributed by atoms with Crippen molar-refractivity contribution in [2.24, 2.45) is 0 Å². The van der Waals surface area contributed by atoms with E-state index in [0.29, 0.717) is 5.75 Å². The minimum atomic E-state index is -0.265. The summed E-state index contributed by atoms with van der Waals surface area (Å²) < 4.78 is 4.67. The highest BCUT2D eigenvalue weighted by molar-refractivity contribution is 9.10. The molecule has 0 spiro atoms. The van der Waals surface area contributed by atoms with E-state index in [-0.39, 0.29) is 10.8 Å². The number of fused-ring (bicyclic) bond motifs is 1. The molecule has 0 aromatic heterocycles. The van der Waals surface area contributed by atoms with Crippen molar-refractivity contribution < 1.29 is 9.53 Å². The van der Waals surface area contributed by atoms with E-state index in [1.165, 1.54) is 17.9 Å². The Balaban J connectivity index is 2.06. The minimum Gasteiger partial charge on any atom is -0.468 e. The van der Waals surface area contributed by atoms with E-state index in [1.807, 2.05) is 12.1 Å². The van der Waals surface area contributed by atoms with Crippen molar-refractivity contribution in [2.45, 2.75) is 9.72 Å². The molecule has 0 fully saturated rings. The van der Waals surface area contributed by atoms with Gasteiger partial charge in [-0.25, -0.2) is 0 Å².